The van der Waals surface area contributed by atoms with Gasteiger partial charge in [0.1, 0.15) is 11.7 Å². The Morgan fingerprint density at radius 1 is 0.762 bits per heavy atom. The van der Waals surface area contributed by atoms with Gasteiger partial charge in [0.2, 0.25) is 0 Å². The monoisotopic (exact) mass is 669 g/mol. The second-order valence-electron chi connectivity index (χ2n) is 11.8. The fraction of sp³-hybridized carbons (Fsp3) is 0.316. The first-order chi connectivity index (χ1) is 20.2. The van der Waals surface area contributed by atoms with E-state index in [2.05, 4.69) is 136 Å². The molecule has 0 fully saturated rings. The van der Waals surface area contributed by atoms with Crippen molar-refractivity contribution < 1.29 is 0 Å². The molecule has 0 saturated heterocycles. The number of aryl methyl sites for hydroxylation is 1. The van der Waals surface area contributed by atoms with Gasteiger partial charge in [-0.25, -0.2) is 0 Å². The SMILES string of the molecule is CCCCC(C)(C)C(=N)N(C(=N)c1cccc(-c2ccc(C(I)CCC)cc2)c1)c1ccc(-c2ccccc2)cc1C. The lowest BCUT2D eigenvalue weighted by Crippen LogP contribution is -2.45. The Balaban J connectivity index is 1.73. The first-order valence-electron chi connectivity index (χ1n) is 15.1. The van der Waals surface area contributed by atoms with Crippen LogP contribution in [-0.4, -0.2) is 11.7 Å². The summed E-state index contributed by atoms with van der Waals surface area (Å²) in [7, 11) is 0. The van der Waals surface area contributed by atoms with Crippen LogP contribution in [0.15, 0.2) is 97.1 Å². The zero-order valence-electron chi connectivity index (χ0n) is 25.7. The predicted octanol–water partition coefficient (Wildman–Crippen LogP) is 11.6. The number of benzene rings is 4. The van der Waals surface area contributed by atoms with E-state index in [0.29, 0.717) is 15.6 Å². The number of hydrogen-bond donors (Lipinski definition) is 2. The van der Waals surface area contributed by atoms with Crippen molar-refractivity contribution in [3.8, 4) is 22.3 Å². The summed E-state index contributed by atoms with van der Waals surface area (Å²) in [6, 6.07) is 33.8. The molecule has 0 spiro atoms. The molecule has 0 saturated carbocycles. The van der Waals surface area contributed by atoms with Gasteiger partial charge in [-0.05, 0) is 71.3 Å². The summed E-state index contributed by atoms with van der Waals surface area (Å²) in [5, 5.41) is 19.0. The zero-order valence-corrected chi connectivity index (χ0v) is 27.8. The summed E-state index contributed by atoms with van der Waals surface area (Å²) in [5.41, 5.74) is 8.23. The quantitative estimate of drug-likeness (QED) is 0.0710. The second kappa shape index (κ2) is 14.3. The minimum Gasteiger partial charge on any atom is -0.287 e. The number of halogens is 1. The number of alkyl halides is 1. The maximum Gasteiger partial charge on any atom is 0.138 e. The third-order valence-corrected chi connectivity index (χ3v) is 9.41. The van der Waals surface area contributed by atoms with E-state index in [4.69, 9.17) is 0 Å². The maximum absolute atomic E-state index is 9.51. The van der Waals surface area contributed by atoms with Crippen molar-refractivity contribution in [1.82, 2.24) is 0 Å². The Morgan fingerprint density at radius 3 is 2.02 bits per heavy atom. The van der Waals surface area contributed by atoms with E-state index in [1.807, 2.05) is 23.1 Å². The number of anilines is 1. The highest BCUT2D eigenvalue weighted by atomic mass is 127. The second-order valence-corrected chi connectivity index (χ2v) is 13.3. The fourth-order valence-corrected chi connectivity index (χ4v) is 6.43. The molecular weight excluding hydrogens is 625 g/mol. The molecule has 0 bridgehead atoms. The summed E-state index contributed by atoms with van der Waals surface area (Å²) in [6.45, 7) is 10.8. The van der Waals surface area contributed by atoms with Gasteiger partial charge in [-0.2, -0.15) is 0 Å². The van der Waals surface area contributed by atoms with Crippen LogP contribution in [0.3, 0.4) is 0 Å². The molecule has 0 aromatic heterocycles. The Labute approximate surface area is 266 Å². The lowest BCUT2D eigenvalue weighted by molar-refractivity contribution is 0.447. The van der Waals surface area contributed by atoms with Crippen LogP contribution in [0, 0.1) is 23.2 Å². The van der Waals surface area contributed by atoms with E-state index in [1.165, 1.54) is 18.4 Å². The molecule has 0 heterocycles. The fourth-order valence-electron chi connectivity index (χ4n) is 5.39. The lowest BCUT2D eigenvalue weighted by atomic mass is 9.84. The number of unbranched alkanes of at least 4 members (excludes halogenated alkanes) is 1. The van der Waals surface area contributed by atoms with Gasteiger partial charge in [0.25, 0.3) is 0 Å². The molecule has 1 unspecified atom stereocenters. The summed E-state index contributed by atoms with van der Waals surface area (Å²) < 4.78 is 0.522. The van der Waals surface area contributed by atoms with Gasteiger partial charge in [0.05, 0.1) is 5.69 Å². The van der Waals surface area contributed by atoms with Crippen molar-refractivity contribution in [2.45, 2.75) is 70.6 Å². The number of rotatable bonds is 11. The van der Waals surface area contributed by atoms with Crippen LogP contribution in [0.1, 0.15) is 80.4 Å². The number of hydrogen-bond acceptors (Lipinski definition) is 2. The topological polar surface area (TPSA) is 50.9 Å². The Morgan fingerprint density at radius 2 is 1.38 bits per heavy atom. The number of nitrogens with one attached hydrogen (secondary N) is 2. The van der Waals surface area contributed by atoms with Crippen molar-refractivity contribution in [3.63, 3.8) is 0 Å². The largest absolute Gasteiger partial charge is 0.287 e. The number of nitrogens with zero attached hydrogens (tertiary/aromatic N) is 1. The summed E-state index contributed by atoms with van der Waals surface area (Å²) in [5.74, 6) is 0.782. The highest BCUT2D eigenvalue weighted by Crippen LogP contribution is 2.35. The molecule has 0 aliphatic rings. The molecule has 4 rings (SSSR count). The Bertz CT molecular complexity index is 1510. The summed E-state index contributed by atoms with van der Waals surface area (Å²) in [4.78, 5) is 1.87. The van der Waals surface area contributed by atoms with E-state index >= 15 is 0 Å². The predicted molar refractivity (Wildman–Crippen MR) is 191 cm³/mol. The lowest BCUT2D eigenvalue weighted by Gasteiger charge is -2.36. The summed E-state index contributed by atoms with van der Waals surface area (Å²) >= 11 is 2.53. The molecule has 4 aromatic carbocycles. The smallest absolute Gasteiger partial charge is 0.138 e. The van der Waals surface area contributed by atoms with Crippen LogP contribution >= 0.6 is 22.6 Å². The number of amidine groups is 2. The third-order valence-electron chi connectivity index (χ3n) is 8.07. The molecule has 2 N–H and O–H groups in total. The summed E-state index contributed by atoms with van der Waals surface area (Å²) in [6.07, 6.45) is 5.37. The molecule has 1 atom stereocenters. The first-order valence-corrected chi connectivity index (χ1v) is 16.4. The van der Waals surface area contributed by atoms with Crippen LogP contribution in [0.5, 0.6) is 0 Å². The van der Waals surface area contributed by atoms with Gasteiger partial charge < -0.3 is 0 Å². The molecule has 4 aromatic rings. The normalized spacial score (nSPS) is 12.1. The van der Waals surface area contributed by atoms with Gasteiger partial charge in [0, 0.05) is 14.9 Å². The first kappa shape index (κ1) is 31.7. The Kier molecular flexibility index (Phi) is 10.8. The zero-order chi connectivity index (χ0) is 30.3. The van der Waals surface area contributed by atoms with Crippen molar-refractivity contribution in [2.75, 3.05) is 4.90 Å². The molecule has 0 aliphatic carbocycles. The van der Waals surface area contributed by atoms with Gasteiger partial charge in [-0.15, -0.1) is 0 Å². The van der Waals surface area contributed by atoms with Gasteiger partial charge in [-0.3, -0.25) is 15.7 Å². The van der Waals surface area contributed by atoms with Crippen molar-refractivity contribution in [2.24, 2.45) is 5.41 Å². The highest BCUT2D eigenvalue weighted by Gasteiger charge is 2.32. The van der Waals surface area contributed by atoms with Gasteiger partial charge in [-0.1, -0.05) is 148 Å². The molecule has 4 heteroatoms. The minimum atomic E-state index is -0.380. The maximum atomic E-state index is 9.51. The van der Waals surface area contributed by atoms with Crippen LogP contribution < -0.4 is 4.90 Å². The Hall–Kier alpha value is -3.25. The molecule has 3 nitrogen and oxygen atoms in total. The van der Waals surface area contributed by atoms with Crippen LogP contribution in [0.4, 0.5) is 5.69 Å². The average Bonchev–Trinajstić information content (AvgIpc) is 3.01. The molecule has 0 radical (unpaired) electrons. The molecule has 218 valence electrons. The van der Waals surface area contributed by atoms with E-state index in [-0.39, 0.29) is 5.41 Å². The van der Waals surface area contributed by atoms with Crippen LogP contribution in [-0.2, 0) is 0 Å². The van der Waals surface area contributed by atoms with Crippen molar-refractivity contribution in [1.29, 1.82) is 10.8 Å². The van der Waals surface area contributed by atoms with E-state index in [9.17, 15) is 10.8 Å². The van der Waals surface area contributed by atoms with Gasteiger partial charge in [0.15, 0.2) is 0 Å². The van der Waals surface area contributed by atoms with E-state index < -0.39 is 0 Å². The van der Waals surface area contributed by atoms with Crippen LogP contribution in [0.2, 0.25) is 0 Å². The van der Waals surface area contributed by atoms with Gasteiger partial charge >= 0.3 is 0 Å². The molecule has 0 amide bonds. The van der Waals surface area contributed by atoms with Crippen LogP contribution in [0.25, 0.3) is 22.3 Å². The average molecular weight is 670 g/mol. The standard InChI is InChI=1S/C38H44IN3/c1-6-8-24-38(4,5)37(41)42(35-23-22-32(25-27(35)3)28-14-10-9-11-15-28)36(40)33-17-12-16-31(26-33)29-18-20-30(21-19-29)34(39)13-7-2/h9-12,14-23,25-26,34,40-41H,6-8,13,24H2,1-5H3. The highest BCUT2D eigenvalue weighted by molar-refractivity contribution is 14.1. The van der Waals surface area contributed by atoms with E-state index in [1.54, 1.807) is 0 Å². The third kappa shape index (κ3) is 7.38. The molecule has 42 heavy (non-hydrogen) atoms. The van der Waals surface area contributed by atoms with Crippen molar-refractivity contribution in [3.05, 3.63) is 114 Å². The molecule has 0 aliphatic heterocycles. The van der Waals surface area contributed by atoms with E-state index in [0.717, 1.165) is 58.3 Å². The van der Waals surface area contributed by atoms with Crippen molar-refractivity contribution >= 4 is 39.9 Å². The minimum absolute atomic E-state index is 0.328. The molecular formula is C38H44IN3.